The Balaban J connectivity index is 1.60. The first-order chi connectivity index (χ1) is 9.33. The number of hydrogen-bond donors (Lipinski definition) is 1. The quantitative estimate of drug-likeness (QED) is 0.867. The monoisotopic (exact) mass is 259 g/mol. The van der Waals surface area contributed by atoms with Crippen molar-refractivity contribution in [3.63, 3.8) is 0 Å². The van der Waals surface area contributed by atoms with E-state index in [1.54, 1.807) is 17.2 Å². The number of rotatable bonds is 3. The maximum absolute atomic E-state index is 12.0. The van der Waals surface area contributed by atoms with Gasteiger partial charge in [0.15, 0.2) is 0 Å². The minimum Gasteiger partial charge on any atom is -0.472 e. The minimum atomic E-state index is -0.148. The van der Waals surface area contributed by atoms with Crippen molar-refractivity contribution in [2.45, 2.75) is 12.5 Å². The summed E-state index contributed by atoms with van der Waals surface area (Å²) < 4.78 is 5.72. The van der Waals surface area contributed by atoms with Gasteiger partial charge in [-0.1, -0.05) is 6.07 Å². The molecule has 0 aliphatic carbocycles. The average molecular weight is 259 g/mol. The van der Waals surface area contributed by atoms with Crippen LogP contribution in [0.1, 0.15) is 17.0 Å². The van der Waals surface area contributed by atoms with Crippen LogP contribution in [-0.2, 0) is 0 Å². The standard InChI is InChI=1S/C12H13N5O2/c18-12(11-14-8-15-16-11)17-6-4-9(7-17)19-10-3-1-2-5-13-10/h1-3,5,8-9H,4,6-7H2,(H,14,15,16). The molecule has 1 atom stereocenters. The molecule has 7 heteroatoms. The molecule has 0 saturated carbocycles. The summed E-state index contributed by atoms with van der Waals surface area (Å²) in [5.41, 5.74) is 0. The highest BCUT2D eigenvalue weighted by Crippen LogP contribution is 2.17. The van der Waals surface area contributed by atoms with Crippen molar-refractivity contribution in [1.29, 1.82) is 0 Å². The van der Waals surface area contributed by atoms with Gasteiger partial charge in [0.25, 0.3) is 5.91 Å². The largest absolute Gasteiger partial charge is 0.472 e. The molecule has 19 heavy (non-hydrogen) atoms. The lowest BCUT2D eigenvalue weighted by Gasteiger charge is -2.15. The zero-order chi connectivity index (χ0) is 13.1. The van der Waals surface area contributed by atoms with Crippen LogP contribution in [0.15, 0.2) is 30.7 Å². The van der Waals surface area contributed by atoms with Crippen molar-refractivity contribution >= 4 is 5.91 Å². The summed E-state index contributed by atoms with van der Waals surface area (Å²) in [7, 11) is 0. The van der Waals surface area contributed by atoms with E-state index in [1.165, 1.54) is 6.33 Å². The number of nitrogens with zero attached hydrogens (tertiary/aromatic N) is 4. The van der Waals surface area contributed by atoms with E-state index >= 15 is 0 Å². The van der Waals surface area contributed by atoms with Crippen LogP contribution in [0.25, 0.3) is 0 Å². The fourth-order valence-electron chi connectivity index (χ4n) is 2.05. The number of pyridine rings is 1. The first-order valence-electron chi connectivity index (χ1n) is 6.05. The summed E-state index contributed by atoms with van der Waals surface area (Å²) in [5, 5.41) is 6.25. The van der Waals surface area contributed by atoms with Gasteiger partial charge >= 0.3 is 0 Å². The highest BCUT2D eigenvalue weighted by atomic mass is 16.5. The van der Waals surface area contributed by atoms with Crippen molar-refractivity contribution in [2.24, 2.45) is 0 Å². The number of ether oxygens (including phenoxy) is 1. The predicted molar refractivity (Wildman–Crippen MR) is 65.6 cm³/mol. The number of likely N-dealkylation sites (tertiary alicyclic amines) is 1. The third-order valence-electron chi connectivity index (χ3n) is 2.97. The number of nitrogens with one attached hydrogen (secondary N) is 1. The van der Waals surface area contributed by atoms with Crippen LogP contribution in [0.3, 0.4) is 0 Å². The molecule has 3 rings (SSSR count). The molecule has 0 aromatic carbocycles. The zero-order valence-corrected chi connectivity index (χ0v) is 10.2. The van der Waals surface area contributed by atoms with Gasteiger partial charge in [0.2, 0.25) is 11.7 Å². The van der Waals surface area contributed by atoms with E-state index in [1.807, 2.05) is 12.1 Å². The Morgan fingerprint density at radius 3 is 3.11 bits per heavy atom. The summed E-state index contributed by atoms with van der Waals surface area (Å²) in [4.78, 5) is 21.7. The van der Waals surface area contributed by atoms with E-state index in [2.05, 4.69) is 20.2 Å². The Kier molecular flexibility index (Phi) is 3.09. The van der Waals surface area contributed by atoms with E-state index < -0.39 is 0 Å². The molecule has 1 unspecified atom stereocenters. The molecule has 98 valence electrons. The van der Waals surface area contributed by atoms with Gasteiger partial charge in [-0.2, -0.15) is 5.10 Å². The minimum absolute atomic E-state index is 0.0261. The van der Waals surface area contributed by atoms with Gasteiger partial charge in [0.1, 0.15) is 12.4 Å². The highest BCUT2D eigenvalue weighted by molar-refractivity contribution is 5.90. The van der Waals surface area contributed by atoms with Crippen LogP contribution < -0.4 is 4.74 Å². The molecule has 1 fully saturated rings. The van der Waals surface area contributed by atoms with Crippen LogP contribution in [-0.4, -0.2) is 50.2 Å². The molecule has 7 nitrogen and oxygen atoms in total. The molecule has 1 aliphatic heterocycles. The van der Waals surface area contributed by atoms with E-state index in [9.17, 15) is 4.79 Å². The maximum Gasteiger partial charge on any atom is 0.291 e. The lowest BCUT2D eigenvalue weighted by Crippen LogP contribution is -2.31. The highest BCUT2D eigenvalue weighted by Gasteiger charge is 2.29. The molecule has 0 spiro atoms. The van der Waals surface area contributed by atoms with Crippen molar-refractivity contribution in [1.82, 2.24) is 25.1 Å². The fraction of sp³-hybridized carbons (Fsp3) is 0.333. The van der Waals surface area contributed by atoms with Gasteiger partial charge in [-0.05, 0) is 6.07 Å². The zero-order valence-electron chi connectivity index (χ0n) is 10.2. The van der Waals surface area contributed by atoms with Gasteiger partial charge in [-0.3, -0.25) is 9.89 Å². The molecular weight excluding hydrogens is 246 g/mol. The Bertz CT molecular complexity index is 543. The smallest absolute Gasteiger partial charge is 0.291 e. The van der Waals surface area contributed by atoms with Crippen LogP contribution in [0.2, 0.25) is 0 Å². The van der Waals surface area contributed by atoms with E-state index in [-0.39, 0.29) is 17.8 Å². The number of carbonyl (C=O) groups excluding carboxylic acids is 1. The molecule has 0 radical (unpaired) electrons. The second kappa shape index (κ2) is 5.05. The normalized spacial score (nSPS) is 18.5. The van der Waals surface area contributed by atoms with Crippen LogP contribution in [0, 0.1) is 0 Å². The van der Waals surface area contributed by atoms with E-state index in [0.717, 1.165) is 6.42 Å². The summed E-state index contributed by atoms with van der Waals surface area (Å²) in [6, 6.07) is 5.51. The summed E-state index contributed by atoms with van der Waals surface area (Å²) >= 11 is 0. The second-order valence-electron chi connectivity index (χ2n) is 4.28. The Morgan fingerprint density at radius 1 is 1.42 bits per heavy atom. The van der Waals surface area contributed by atoms with Crippen LogP contribution >= 0.6 is 0 Å². The lowest BCUT2D eigenvalue weighted by atomic mass is 10.3. The Labute approximate surface area is 109 Å². The number of carbonyl (C=O) groups is 1. The molecule has 0 bridgehead atoms. The molecule has 3 heterocycles. The molecular formula is C12H13N5O2. The first kappa shape index (κ1) is 11.6. The Hall–Kier alpha value is -2.44. The predicted octanol–water partition coefficient (Wildman–Crippen LogP) is 0.493. The van der Waals surface area contributed by atoms with Gasteiger partial charge in [-0.25, -0.2) is 9.97 Å². The number of aromatic amines is 1. The number of hydrogen-bond acceptors (Lipinski definition) is 5. The third kappa shape index (κ3) is 2.54. The number of aromatic nitrogens is 4. The molecule has 1 aliphatic rings. The number of amides is 1. The first-order valence-corrected chi connectivity index (χ1v) is 6.05. The molecule has 1 saturated heterocycles. The van der Waals surface area contributed by atoms with Gasteiger partial charge < -0.3 is 9.64 Å². The maximum atomic E-state index is 12.0. The topological polar surface area (TPSA) is 84.0 Å². The third-order valence-corrected chi connectivity index (χ3v) is 2.97. The molecule has 2 aromatic rings. The summed E-state index contributed by atoms with van der Waals surface area (Å²) in [5.74, 6) is 0.699. The summed E-state index contributed by atoms with van der Waals surface area (Å²) in [6.07, 6.45) is 3.77. The van der Waals surface area contributed by atoms with Crippen molar-refractivity contribution < 1.29 is 9.53 Å². The molecule has 1 N–H and O–H groups in total. The van der Waals surface area contributed by atoms with Crippen LogP contribution in [0.5, 0.6) is 5.88 Å². The molecule has 1 amide bonds. The van der Waals surface area contributed by atoms with Gasteiger partial charge in [-0.15, -0.1) is 0 Å². The van der Waals surface area contributed by atoms with E-state index in [4.69, 9.17) is 4.74 Å². The van der Waals surface area contributed by atoms with E-state index in [0.29, 0.717) is 19.0 Å². The van der Waals surface area contributed by atoms with Crippen molar-refractivity contribution in [3.8, 4) is 5.88 Å². The SMILES string of the molecule is O=C(c1ncn[nH]1)N1CCC(Oc2ccccn2)C1. The van der Waals surface area contributed by atoms with Crippen molar-refractivity contribution in [2.75, 3.05) is 13.1 Å². The van der Waals surface area contributed by atoms with Gasteiger partial charge in [0, 0.05) is 25.2 Å². The average Bonchev–Trinajstić information content (AvgIpc) is 3.10. The number of H-pyrrole nitrogens is 1. The Morgan fingerprint density at radius 2 is 2.37 bits per heavy atom. The molecule has 2 aromatic heterocycles. The lowest BCUT2D eigenvalue weighted by molar-refractivity contribution is 0.0759. The van der Waals surface area contributed by atoms with Gasteiger partial charge in [0.05, 0.1) is 6.54 Å². The van der Waals surface area contributed by atoms with Crippen LogP contribution in [0.4, 0.5) is 0 Å². The second-order valence-corrected chi connectivity index (χ2v) is 4.28. The summed E-state index contributed by atoms with van der Waals surface area (Å²) in [6.45, 7) is 1.19. The van der Waals surface area contributed by atoms with Crippen molar-refractivity contribution in [3.05, 3.63) is 36.5 Å². The fourth-order valence-corrected chi connectivity index (χ4v) is 2.05.